The van der Waals surface area contributed by atoms with E-state index in [-0.39, 0.29) is 24.9 Å². The molecule has 8 nitrogen and oxygen atoms in total. The highest BCUT2D eigenvalue weighted by Crippen LogP contribution is 2.35. The van der Waals surface area contributed by atoms with Crippen LogP contribution in [0.5, 0.6) is 6.01 Å². The highest BCUT2D eigenvalue weighted by molar-refractivity contribution is 5.85. The monoisotopic (exact) mass is 403 g/mol. The summed E-state index contributed by atoms with van der Waals surface area (Å²) in [7, 11) is 1.31. The van der Waals surface area contributed by atoms with Gasteiger partial charge in [0.25, 0.3) is 5.91 Å². The zero-order valence-corrected chi connectivity index (χ0v) is 15.2. The van der Waals surface area contributed by atoms with E-state index in [2.05, 4.69) is 15.1 Å². The summed E-state index contributed by atoms with van der Waals surface area (Å²) in [6.07, 6.45) is -2.88. The van der Waals surface area contributed by atoms with Gasteiger partial charge >= 0.3 is 12.2 Å². The Morgan fingerprint density at radius 1 is 1.36 bits per heavy atom. The number of nitrogens with zero attached hydrogens (tertiary/aromatic N) is 5. The summed E-state index contributed by atoms with van der Waals surface area (Å²) in [5, 5.41) is 13.7. The molecule has 12 heteroatoms. The molecule has 1 N–H and O–H groups in total. The van der Waals surface area contributed by atoms with Crippen LogP contribution in [0.4, 0.5) is 17.6 Å². The number of hydrogen-bond acceptors (Lipinski definition) is 6. The molecule has 0 aromatic carbocycles. The largest absolute Gasteiger partial charge is 0.467 e. The van der Waals surface area contributed by atoms with Gasteiger partial charge in [0.15, 0.2) is 11.6 Å². The zero-order valence-electron chi connectivity index (χ0n) is 15.2. The van der Waals surface area contributed by atoms with Gasteiger partial charge in [-0.15, -0.1) is 0 Å². The zero-order chi connectivity index (χ0) is 20.9. The Bertz CT molecular complexity index is 912. The van der Waals surface area contributed by atoms with Gasteiger partial charge in [-0.1, -0.05) is 6.92 Å². The third kappa shape index (κ3) is 3.17. The van der Waals surface area contributed by atoms with Gasteiger partial charge in [0.1, 0.15) is 0 Å². The maximum Gasteiger partial charge on any atom is 0.426 e. The summed E-state index contributed by atoms with van der Waals surface area (Å²) in [6, 6.07) is -0.0814. The molecule has 0 fully saturated rings. The maximum atomic E-state index is 14.2. The number of methoxy groups -OCH3 is 1. The molecule has 0 unspecified atom stereocenters. The molecule has 0 spiro atoms. The van der Waals surface area contributed by atoms with Gasteiger partial charge in [-0.3, -0.25) is 4.79 Å². The first kappa shape index (κ1) is 20.0. The van der Waals surface area contributed by atoms with Crippen LogP contribution in [-0.2, 0) is 11.3 Å². The molecule has 0 aliphatic carbocycles. The van der Waals surface area contributed by atoms with Crippen LogP contribution in [0.1, 0.15) is 31.0 Å². The van der Waals surface area contributed by atoms with Crippen molar-refractivity contribution in [3.05, 3.63) is 29.5 Å². The van der Waals surface area contributed by atoms with Crippen LogP contribution >= 0.6 is 0 Å². The van der Waals surface area contributed by atoms with Gasteiger partial charge in [0.05, 0.1) is 25.2 Å². The van der Waals surface area contributed by atoms with Crippen molar-refractivity contribution in [2.45, 2.75) is 38.1 Å². The van der Waals surface area contributed by atoms with Gasteiger partial charge in [0, 0.05) is 24.6 Å². The second-order valence-electron chi connectivity index (χ2n) is 6.65. The molecule has 1 aliphatic rings. The smallest absolute Gasteiger partial charge is 0.426 e. The van der Waals surface area contributed by atoms with Crippen LogP contribution in [0.25, 0.3) is 5.82 Å². The molecule has 3 heterocycles. The molecule has 152 valence electrons. The second kappa shape index (κ2) is 6.69. The number of rotatable bonds is 3. The molecule has 3 rings (SSSR count). The number of hydrogen-bond donors (Lipinski definition) is 1. The minimum absolute atomic E-state index is 0.0814. The number of carbonyl (C=O) groups excluding carboxylic acids is 1. The van der Waals surface area contributed by atoms with Crippen LogP contribution in [0.3, 0.4) is 0 Å². The first-order chi connectivity index (χ1) is 13.0. The van der Waals surface area contributed by atoms with Crippen molar-refractivity contribution in [3.8, 4) is 11.8 Å². The van der Waals surface area contributed by atoms with Crippen LogP contribution in [-0.4, -0.2) is 61.1 Å². The average Bonchev–Trinajstić information content (AvgIpc) is 3.04. The maximum absolute atomic E-state index is 14.2. The molecule has 0 radical (unpaired) electrons. The Labute approximate surface area is 156 Å². The first-order valence-electron chi connectivity index (χ1n) is 8.19. The number of amides is 1. The topological polar surface area (TPSA) is 93.4 Å². The Balaban J connectivity index is 1.96. The van der Waals surface area contributed by atoms with Crippen molar-refractivity contribution in [2.75, 3.05) is 13.7 Å². The number of fused-ring (bicyclic) bond motifs is 1. The second-order valence-corrected chi connectivity index (χ2v) is 6.65. The molecule has 28 heavy (non-hydrogen) atoms. The Morgan fingerprint density at radius 3 is 2.64 bits per heavy atom. The molecule has 2 aromatic heterocycles. The standard InChI is InChI=1S/C16H17F4N5O3/c1-8-6-24(13(26)15(2,27)16(18,19)20)7-9-4-22-25(11(8)9)12-10(17)5-21-14(23-12)28-3/h4-5,8,27H,6-7H2,1-3H3/t8-,15-/m1/s1. The summed E-state index contributed by atoms with van der Waals surface area (Å²) < 4.78 is 59.3. The highest BCUT2D eigenvalue weighted by atomic mass is 19.4. The molecular formula is C16H17F4N5O3. The number of ether oxygens (including phenoxy) is 1. The minimum Gasteiger partial charge on any atom is -0.467 e. The normalized spacial score (nSPS) is 19.1. The van der Waals surface area contributed by atoms with E-state index in [1.54, 1.807) is 6.92 Å². The fourth-order valence-electron chi connectivity index (χ4n) is 3.07. The summed E-state index contributed by atoms with van der Waals surface area (Å²) in [5.74, 6) is -2.90. The molecular weight excluding hydrogens is 386 g/mol. The third-order valence-corrected chi connectivity index (χ3v) is 4.55. The van der Waals surface area contributed by atoms with Crippen molar-refractivity contribution in [2.24, 2.45) is 0 Å². The average molecular weight is 403 g/mol. The van der Waals surface area contributed by atoms with Crippen molar-refractivity contribution >= 4 is 5.91 Å². The highest BCUT2D eigenvalue weighted by Gasteiger charge is 2.57. The van der Waals surface area contributed by atoms with E-state index >= 15 is 0 Å². The van der Waals surface area contributed by atoms with Crippen molar-refractivity contribution in [1.82, 2.24) is 24.6 Å². The van der Waals surface area contributed by atoms with Crippen LogP contribution < -0.4 is 4.74 Å². The molecule has 0 saturated carbocycles. The number of halogens is 4. The molecule has 1 aliphatic heterocycles. The lowest BCUT2D eigenvalue weighted by atomic mass is 9.95. The van der Waals surface area contributed by atoms with Gasteiger partial charge in [-0.05, 0) is 6.92 Å². The van der Waals surface area contributed by atoms with E-state index in [1.807, 2.05) is 0 Å². The number of carbonyl (C=O) groups is 1. The van der Waals surface area contributed by atoms with E-state index in [9.17, 15) is 27.5 Å². The Kier molecular flexibility index (Phi) is 4.77. The number of aromatic nitrogens is 4. The molecule has 2 atom stereocenters. The fourth-order valence-corrected chi connectivity index (χ4v) is 3.07. The number of alkyl halides is 3. The van der Waals surface area contributed by atoms with E-state index in [4.69, 9.17) is 4.74 Å². The van der Waals surface area contributed by atoms with Gasteiger partial charge in [-0.2, -0.15) is 23.3 Å². The lowest BCUT2D eigenvalue weighted by Gasteiger charge is -2.36. The van der Waals surface area contributed by atoms with Gasteiger partial charge < -0.3 is 14.7 Å². The Hall–Kier alpha value is -2.76. The summed E-state index contributed by atoms with van der Waals surface area (Å²) >= 11 is 0. The molecule has 0 bridgehead atoms. The molecule has 0 saturated heterocycles. The molecule has 1 amide bonds. The lowest BCUT2D eigenvalue weighted by molar-refractivity contribution is -0.250. The van der Waals surface area contributed by atoms with Crippen LogP contribution in [0.15, 0.2) is 12.4 Å². The van der Waals surface area contributed by atoms with Crippen molar-refractivity contribution < 1.29 is 32.2 Å². The first-order valence-corrected chi connectivity index (χ1v) is 8.19. The summed E-state index contributed by atoms with van der Waals surface area (Å²) in [6.45, 7) is 1.73. The van der Waals surface area contributed by atoms with E-state index < -0.39 is 29.4 Å². The SMILES string of the molecule is COc1ncc(F)c(-n2ncc3c2[C@H](C)CN(C(=O)[C@@](C)(O)C(F)(F)F)C3)n1. The van der Waals surface area contributed by atoms with E-state index in [0.717, 1.165) is 11.1 Å². The van der Waals surface area contributed by atoms with E-state index in [1.165, 1.54) is 18.0 Å². The minimum atomic E-state index is -5.11. The van der Waals surface area contributed by atoms with Crippen molar-refractivity contribution in [3.63, 3.8) is 0 Å². The van der Waals surface area contributed by atoms with Gasteiger partial charge in [-0.25, -0.2) is 14.1 Å². The molecule has 2 aromatic rings. The summed E-state index contributed by atoms with van der Waals surface area (Å²) in [5.41, 5.74) is -2.59. The Morgan fingerprint density at radius 2 is 2.04 bits per heavy atom. The lowest BCUT2D eigenvalue weighted by Crippen LogP contribution is -2.57. The van der Waals surface area contributed by atoms with Gasteiger partial charge in [0.2, 0.25) is 5.60 Å². The quantitative estimate of drug-likeness (QED) is 0.782. The van der Waals surface area contributed by atoms with Crippen molar-refractivity contribution in [1.29, 1.82) is 0 Å². The van der Waals surface area contributed by atoms with Crippen LogP contribution in [0, 0.1) is 5.82 Å². The third-order valence-electron chi connectivity index (χ3n) is 4.55. The fraction of sp³-hybridized carbons (Fsp3) is 0.500. The predicted octanol–water partition coefficient (Wildman–Crippen LogP) is 1.57. The predicted molar refractivity (Wildman–Crippen MR) is 86.2 cm³/mol. The number of aliphatic hydroxyl groups is 1. The summed E-state index contributed by atoms with van der Waals surface area (Å²) in [4.78, 5) is 20.7. The van der Waals surface area contributed by atoms with E-state index in [0.29, 0.717) is 18.2 Å². The van der Waals surface area contributed by atoms with Crippen LogP contribution in [0.2, 0.25) is 0 Å².